The monoisotopic (exact) mass is 507 g/mol. The number of methoxy groups -OCH3 is 2. The number of hydrogen-bond acceptors (Lipinski definition) is 7. The Bertz CT molecular complexity index is 1440. The molecule has 0 saturated carbocycles. The minimum Gasteiger partial charge on any atom is -0.489 e. The van der Waals surface area contributed by atoms with E-state index >= 15 is 4.39 Å². The molecular weight excluding hydrogens is 477 g/mol. The van der Waals surface area contributed by atoms with Crippen molar-refractivity contribution in [3.05, 3.63) is 53.6 Å². The topological polar surface area (TPSA) is 78.1 Å². The molecule has 4 heterocycles. The first-order chi connectivity index (χ1) is 18.1. The first-order valence-corrected chi connectivity index (χ1v) is 12.5. The Balaban J connectivity index is 1.26. The molecule has 2 aliphatic rings. The van der Waals surface area contributed by atoms with E-state index in [-0.39, 0.29) is 18.0 Å². The molecule has 4 aromatic rings. The van der Waals surface area contributed by atoms with Gasteiger partial charge in [-0.15, -0.1) is 0 Å². The second-order valence-electron chi connectivity index (χ2n) is 9.53. The van der Waals surface area contributed by atoms with Gasteiger partial charge < -0.3 is 28.7 Å². The van der Waals surface area contributed by atoms with E-state index in [4.69, 9.17) is 23.7 Å². The summed E-state index contributed by atoms with van der Waals surface area (Å²) >= 11 is 0. The fourth-order valence-electron chi connectivity index (χ4n) is 5.39. The Morgan fingerprint density at radius 2 is 1.89 bits per heavy atom. The van der Waals surface area contributed by atoms with Crippen LogP contribution < -0.4 is 14.2 Å². The van der Waals surface area contributed by atoms with Gasteiger partial charge in [-0.3, -0.25) is 9.88 Å². The highest BCUT2D eigenvalue weighted by molar-refractivity contribution is 5.93. The molecule has 1 N–H and O–H groups in total. The molecule has 2 aromatic heterocycles. The third-order valence-electron chi connectivity index (χ3n) is 7.23. The molecule has 194 valence electrons. The van der Waals surface area contributed by atoms with E-state index in [0.29, 0.717) is 42.3 Å². The molecule has 9 heteroatoms. The zero-order valence-corrected chi connectivity index (χ0v) is 21.2. The number of fused-ring (bicyclic) bond motifs is 4. The van der Waals surface area contributed by atoms with Gasteiger partial charge in [0.2, 0.25) is 0 Å². The summed E-state index contributed by atoms with van der Waals surface area (Å²) in [5, 5.41) is 1.32. The van der Waals surface area contributed by atoms with Gasteiger partial charge in [-0.05, 0) is 31.2 Å². The van der Waals surface area contributed by atoms with E-state index in [9.17, 15) is 0 Å². The van der Waals surface area contributed by atoms with Crippen molar-refractivity contribution in [2.75, 3.05) is 47.1 Å². The molecular formula is C28H30FN3O5. The zero-order valence-electron chi connectivity index (χ0n) is 21.2. The summed E-state index contributed by atoms with van der Waals surface area (Å²) < 4.78 is 44.6. The summed E-state index contributed by atoms with van der Waals surface area (Å²) in [6, 6.07) is 8.90. The van der Waals surface area contributed by atoms with Gasteiger partial charge in [0.25, 0.3) is 0 Å². The zero-order chi connectivity index (χ0) is 25.5. The Morgan fingerprint density at radius 1 is 1.08 bits per heavy atom. The number of hydrogen-bond donors (Lipinski definition) is 1. The quantitative estimate of drug-likeness (QED) is 0.373. The van der Waals surface area contributed by atoms with Crippen LogP contribution in [0.15, 0.2) is 36.5 Å². The number of likely N-dealkylation sites (tertiary alicyclic amines) is 1. The van der Waals surface area contributed by atoms with Gasteiger partial charge in [-0.25, -0.2) is 4.39 Å². The molecule has 2 atom stereocenters. The maximum atomic E-state index is 15.2. The number of aromatic nitrogens is 2. The molecule has 0 spiro atoms. The van der Waals surface area contributed by atoms with Crippen LogP contribution in [-0.4, -0.2) is 74.1 Å². The number of H-pyrrole nitrogens is 1. The van der Waals surface area contributed by atoms with E-state index in [1.807, 2.05) is 19.1 Å². The molecule has 6 rings (SSSR count). The molecule has 0 bridgehead atoms. The van der Waals surface area contributed by atoms with Crippen molar-refractivity contribution < 1.29 is 28.1 Å². The van der Waals surface area contributed by atoms with Crippen LogP contribution in [0.25, 0.3) is 21.8 Å². The Labute approximate surface area is 214 Å². The number of pyridine rings is 1. The van der Waals surface area contributed by atoms with Crippen molar-refractivity contribution in [3.63, 3.8) is 0 Å². The first kappa shape index (κ1) is 24.0. The SMILES string of the molecule is CO[C@@H]1CN(CCOc2cc3nccc(Oc4ccc5[nH]c(C)cc5c4F)c3c3c2OCC3)C[C@H]1OC. The fourth-order valence-corrected chi connectivity index (χ4v) is 5.39. The predicted molar refractivity (Wildman–Crippen MR) is 138 cm³/mol. The molecule has 0 aliphatic carbocycles. The summed E-state index contributed by atoms with van der Waals surface area (Å²) in [5.41, 5.74) is 3.32. The molecule has 2 aliphatic heterocycles. The van der Waals surface area contributed by atoms with E-state index in [1.54, 1.807) is 38.6 Å². The third kappa shape index (κ3) is 4.37. The van der Waals surface area contributed by atoms with Crippen LogP contribution in [0.2, 0.25) is 0 Å². The number of nitrogens with zero attached hydrogens (tertiary/aromatic N) is 2. The largest absolute Gasteiger partial charge is 0.489 e. The highest BCUT2D eigenvalue weighted by Crippen LogP contribution is 2.45. The summed E-state index contributed by atoms with van der Waals surface area (Å²) in [5.74, 6) is 1.67. The van der Waals surface area contributed by atoms with Crippen LogP contribution in [0.5, 0.6) is 23.0 Å². The number of rotatable bonds is 8. The summed E-state index contributed by atoms with van der Waals surface area (Å²) in [7, 11) is 3.43. The normalized spacial score (nSPS) is 19.5. The lowest BCUT2D eigenvalue weighted by atomic mass is 10.0. The minimum absolute atomic E-state index is 0.0627. The van der Waals surface area contributed by atoms with Gasteiger partial charge in [-0.1, -0.05) is 0 Å². The van der Waals surface area contributed by atoms with Crippen molar-refractivity contribution >= 4 is 21.8 Å². The summed E-state index contributed by atoms with van der Waals surface area (Å²) in [6.07, 6.45) is 2.49. The van der Waals surface area contributed by atoms with Gasteiger partial charge in [0.15, 0.2) is 23.1 Å². The van der Waals surface area contributed by atoms with Crippen molar-refractivity contribution in [3.8, 4) is 23.0 Å². The first-order valence-electron chi connectivity index (χ1n) is 12.5. The molecule has 1 saturated heterocycles. The highest BCUT2D eigenvalue weighted by Gasteiger charge is 2.33. The van der Waals surface area contributed by atoms with Crippen LogP contribution in [0, 0.1) is 12.7 Å². The van der Waals surface area contributed by atoms with E-state index in [0.717, 1.165) is 47.3 Å². The molecule has 0 radical (unpaired) electrons. The van der Waals surface area contributed by atoms with Crippen molar-refractivity contribution in [1.29, 1.82) is 0 Å². The fraction of sp³-hybridized carbons (Fsp3) is 0.393. The Morgan fingerprint density at radius 3 is 2.68 bits per heavy atom. The number of halogens is 1. The number of aryl methyl sites for hydroxylation is 1. The maximum Gasteiger partial charge on any atom is 0.175 e. The molecule has 0 amide bonds. The van der Waals surface area contributed by atoms with Gasteiger partial charge in [0.1, 0.15) is 12.4 Å². The third-order valence-corrected chi connectivity index (χ3v) is 7.23. The van der Waals surface area contributed by atoms with E-state index in [1.165, 1.54) is 0 Å². The smallest absolute Gasteiger partial charge is 0.175 e. The molecule has 37 heavy (non-hydrogen) atoms. The Hall–Kier alpha value is -3.40. The average molecular weight is 508 g/mol. The van der Waals surface area contributed by atoms with Gasteiger partial charge in [0.05, 0.1) is 29.7 Å². The van der Waals surface area contributed by atoms with Gasteiger partial charge in [0, 0.05) is 74.7 Å². The van der Waals surface area contributed by atoms with E-state index < -0.39 is 5.82 Å². The highest BCUT2D eigenvalue weighted by atomic mass is 19.1. The molecule has 0 unspecified atom stereocenters. The minimum atomic E-state index is -0.395. The summed E-state index contributed by atoms with van der Waals surface area (Å²) in [4.78, 5) is 9.99. The van der Waals surface area contributed by atoms with Gasteiger partial charge >= 0.3 is 0 Å². The number of benzene rings is 2. The van der Waals surface area contributed by atoms with Crippen LogP contribution in [0.3, 0.4) is 0 Å². The average Bonchev–Trinajstić information content (AvgIpc) is 3.63. The predicted octanol–water partition coefficient (Wildman–Crippen LogP) is 4.62. The van der Waals surface area contributed by atoms with Crippen molar-refractivity contribution in [2.45, 2.75) is 25.6 Å². The van der Waals surface area contributed by atoms with Crippen molar-refractivity contribution in [2.24, 2.45) is 0 Å². The lowest BCUT2D eigenvalue weighted by Gasteiger charge is -2.18. The second kappa shape index (κ2) is 9.81. The Kier molecular flexibility index (Phi) is 6.36. The second-order valence-corrected chi connectivity index (χ2v) is 9.53. The lowest BCUT2D eigenvalue weighted by molar-refractivity contribution is -0.00461. The number of aromatic amines is 1. The van der Waals surface area contributed by atoms with Crippen LogP contribution in [0.4, 0.5) is 4.39 Å². The molecule has 8 nitrogen and oxygen atoms in total. The summed E-state index contributed by atoms with van der Waals surface area (Å²) in [6.45, 7) is 5.28. The van der Waals surface area contributed by atoms with E-state index in [2.05, 4.69) is 14.9 Å². The van der Waals surface area contributed by atoms with Crippen LogP contribution in [-0.2, 0) is 15.9 Å². The lowest BCUT2D eigenvalue weighted by Crippen LogP contribution is -2.27. The number of nitrogens with one attached hydrogen (secondary N) is 1. The van der Waals surface area contributed by atoms with Gasteiger partial charge in [-0.2, -0.15) is 0 Å². The number of ether oxygens (including phenoxy) is 5. The maximum absolute atomic E-state index is 15.2. The van der Waals surface area contributed by atoms with Crippen LogP contribution in [0.1, 0.15) is 11.3 Å². The van der Waals surface area contributed by atoms with Crippen LogP contribution >= 0.6 is 0 Å². The van der Waals surface area contributed by atoms with Crippen molar-refractivity contribution in [1.82, 2.24) is 14.9 Å². The molecule has 1 fully saturated rings. The molecule has 2 aromatic carbocycles. The standard InChI is InChI=1S/C28H30FN3O5/c1-16-12-18-19(31-16)4-5-22(27(18)29)37-21-6-8-30-20-13-23(28-17(26(20)21)7-10-36-28)35-11-9-32-14-24(33-2)25(15-32)34-3/h4-6,8,12-13,24-25,31H,7,9-11,14-15H2,1-3H3/t24-,25-/m1/s1.